The maximum Gasteiger partial charge on any atom is 0.147 e. The summed E-state index contributed by atoms with van der Waals surface area (Å²) in [6.07, 6.45) is 0.976. The quantitative estimate of drug-likeness (QED) is 0.842. The summed E-state index contributed by atoms with van der Waals surface area (Å²) in [5, 5.41) is 3.40. The standard InChI is InChI=1S/C13H17BrF2N2/c1-3-9-7-18(8(2)6-17-9)13-5-11(15)10(14)4-12(13)16/h4-5,8-9,17H,3,6-7H2,1-2H3. The molecule has 0 aliphatic carbocycles. The van der Waals surface area contributed by atoms with Crippen LogP contribution in [-0.4, -0.2) is 25.2 Å². The second-order valence-electron chi connectivity index (χ2n) is 4.73. The summed E-state index contributed by atoms with van der Waals surface area (Å²) in [4.78, 5) is 1.94. The molecule has 1 aliphatic rings. The van der Waals surface area contributed by atoms with Crippen molar-refractivity contribution in [3.63, 3.8) is 0 Å². The van der Waals surface area contributed by atoms with Crippen LogP contribution in [0.15, 0.2) is 16.6 Å². The average molecular weight is 319 g/mol. The van der Waals surface area contributed by atoms with E-state index in [0.717, 1.165) is 13.0 Å². The monoisotopic (exact) mass is 318 g/mol. The molecule has 0 aromatic heterocycles. The van der Waals surface area contributed by atoms with Gasteiger partial charge in [-0.25, -0.2) is 8.78 Å². The average Bonchev–Trinajstić information content (AvgIpc) is 2.35. The summed E-state index contributed by atoms with van der Waals surface area (Å²) in [5.41, 5.74) is 0.350. The highest BCUT2D eigenvalue weighted by Gasteiger charge is 2.26. The molecule has 2 nitrogen and oxygen atoms in total. The van der Waals surface area contributed by atoms with Crippen molar-refractivity contribution in [1.82, 2.24) is 5.32 Å². The SMILES string of the molecule is CCC1CN(c2cc(F)c(Br)cc2F)C(C)CN1. The Bertz CT molecular complexity index is 439. The Balaban J connectivity index is 2.31. The predicted octanol–water partition coefficient (Wildman–Crippen LogP) is 3.30. The van der Waals surface area contributed by atoms with Crippen molar-refractivity contribution in [1.29, 1.82) is 0 Å². The van der Waals surface area contributed by atoms with E-state index in [0.29, 0.717) is 18.3 Å². The second kappa shape index (κ2) is 5.53. The third-order valence-corrected chi connectivity index (χ3v) is 4.05. The van der Waals surface area contributed by atoms with Gasteiger partial charge >= 0.3 is 0 Å². The number of halogens is 3. The minimum Gasteiger partial charge on any atom is -0.364 e. The molecule has 2 rings (SSSR count). The van der Waals surface area contributed by atoms with Crippen LogP contribution in [0.25, 0.3) is 0 Å². The molecule has 0 amide bonds. The van der Waals surface area contributed by atoms with Crippen molar-refractivity contribution in [3.8, 4) is 0 Å². The fourth-order valence-corrected chi connectivity index (χ4v) is 2.59. The number of piperazine rings is 1. The number of nitrogens with one attached hydrogen (secondary N) is 1. The largest absolute Gasteiger partial charge is 0.364 e. The number of nitrogens with zero attached hydrogens (tertiary/aromatic N) is 1. The number of rotatable bonds is 2. The molecule has 0 saturated carbocycles. The lowest BCUT2D eigenvalue weighted by Crippen LogP contribution is -2.55. The van der Waals surface area contributed by atoms with Crippen LogP contribution in [0.3, 0.4) is 0 Å². The Morgan fingerprint density at radius 1 is 1.39 bits per heavy atom. The first-order chi connectivity index (χ1) is 8.52. The first-order valence-electron chi connectivity index (χ1n) is 6.17. The van der Waals surface area contributed by atoms with Gasteiger partial charge < -0.3 is 10.2 Å². The molecule has 0 radical (unpaired) electrons. The molecule has 18 heavy (non-hydrogen) atoms. The van der Waals surface area contributed by atoms with E-state index in [-0.39, 0.29) is 16.3 Å². The van der Waals surface area contributed by atoms with Crippen molar-refractivity contribution in [2.24, 2.45) is 0 Å². The van der Waals surface area contributed by atoms with Crippen molar-refractivity contribution in [2.75, 3.05) is 18.0 Å². The zero-order valence-electron chi connectivity index (χ0n) is 10.5. The van der Waals surface area contributed by atoms with Gasteiger partial charge in [0.1, 0.15) is 11.6 Å². The molecule has 1 heterocycles. The molecule has 1 aromatic rings. The van der Waals surface area contributed by atoms with Crippen molar-refractivity contribution in [3.05, 3.63) is 28.2 Å². The van der Waals surface area contributed by atoms with Gasteiger partial charge in [-0.2, -0.15) is 0 Å². The zero-order valence-corrected chi connectivity index (χ0v) is 12.1. The molecule has 1 aromatic carbocycles. The van der Waals surface area contributed by atoms with Gasteiger partial charge in [-0.15, -0.1) is 0 Å². The van der Waals surface area contributed by atoms with Crippen LogP contribution < -0.4 is 10.2 Å². The molecule has 2 unspecified atom stereocenters. The lowest BCUT2D eigenvalue weighted by atomic mass is 10.1. The van der Waals surface area contributed by atoms with Crippen LogP contribution in [0, 0.1) is 11.6 Å². The van der Waals surface area contributed by atoms with E-state index in [4.69, 9.17) is 0 Å². The van der Waals surface area contributed by atoms with Crippen LogP contribution in [-0.2, 0) is 0 Å². The van der Waals surface area contributed by atoms with E-state index < -0.39 is 5.82 Å². The Morgan fingerprint density at radius 3 is 2.78 bits per heavy atom. The summed E-state index contributed by atoms with van der Waals surface area (Å²) < 4.78 is 27.7. The van der Waals surface area contributed by atoms with Crippen molar-refractivity contribution < 1.29 is 8.78 Å². The lowest BCUT2D eigenvalue weighted by molar-refractivity contribution is 0.393. The van der Waals surface area contributed by atoms with Gasteiger partial charge in [0.25, 0.3) is 0 Å². The van der Waals surface area contributed by atoms with Crippen LogP contribution in [0.4, 0.5) is 14.5 Å². The fraction of sp³-hybridized carbons (Fsp3) is 0.538. The minimum absolute atomic E-state index is 0.155. The fourth-order valence-electron chi connectivity index (χ4n) is 2.27. The summed E-state index contributed by atoms with van der Waals surface area (Å²) in [5.74, 6) is -0.808. The van der Waals surface area contributed by atoms with Crippen LogP contribution >= 0.6 is 15.9 Å². The highest BCUT2D eigenvalue weighted by molar-refractivity contribution is 9.10. The Morgan fingerprint density at radius 2 is 2.11 bits per heavy atom. The van der Waals surface area contributed by atoms with Crippen molar-refractivity contribution in [2.45, 2.75) is 32.4 Å². The maximum atomic E-state index is 14.0. The normalized spacial score (nSPS) is 24.4. The topological polar surface area (TPSA) is 15.3 Å². The van der Waals surface area contributed by atoms with Gasteiger partial charge in [-0.3, -0.25) is 0 Å². The first kappa shape index (κ1) is 13.7. The molecule has 1 fully saturated rings. The Labute approximate surface area is 114 Å². The van der Waals surface area contributed by atoms with Gasteiger partial charge in [-0.05, 0) is 35.3 Å². The molecule has 1 N–H and O–H groups in total. The van der Waals surface area contributed by atoms with E-state index >= 15 is 0 Å². The number of hydrogen-bond donors (Lipinski definition) is 1. The smallest absolute Gasteiger partial charge is 0.147 e. The molecule has 100 valence electrons. The van der Waals surface area contributed by atoms with Gasteiger partial charge in [0.2, 0.25) is 0 Å². The van der Waals surface area contributed by atoms with Gasteiger partial charge in [-0.1, -0.05) is 6.92 Å². The molecular weight excluding hydrogens is 302 g/mol. The summed E-state index contributed by atoms with van der Waals surface area (Å²) in [6.45, 7) is 5.59. The predicted molar refractivity (Wildman–Crippen MR) is 72.9 cm³/mol. The molecule has 1 aliphatic heterocycles. The van der Waals surface area contributed by atoms with E-state index in [9.17, 15) is 8.78 Å². The van der Waals surface area contributed by atoms with Crippen LogP contribution in [0.2, 0.25) is 0 Å². The van der Waals surface area contributed by atoms with E-state index in [1.54, 1.807) is 0 Å². The first-order valence-corrected chi connectivity index (χ1v) is 6.96. The molecule has 0 bridgehead atoms. The Hall–Kier alpha value is -0.680. The van der Waals surface area contributed by atoms with Crippen LogP contribution in [0.1, 0.15) is 20.3 Å². The van der Waals surface area contributed by atoms with E-state index in [2.05, 4.69) is 28.2 Å². The number of benzene rings is 1. The highest BCUT2D eigenvalue weighted by atomic mass is 79.9. The summed E-state index contributed by atoms with van der Waals surface area (Å²) >= 11 is 3.00. The summed E-state index contributed by atoms with van der Waals surface area (Å²) in [6, 6.07) is 2.95. The van der Waals surface area contributed by atoms with E-state index in [1.807, 2.05) is 11.8 Å². The van der Waals surface area contributed by atoms with Gasteiger partial charge in [0.15, 0.2) is 0 Å². The highest BCUT2D eigenvalue weighted by Crippen LogP contribution is 2.28. The third-order valence-electron chi connectivity index (χ3n) is 3.44. The Kier molecular flexibility index (Phi) is 4.22. The lowest BCUT2D eigenvalue weighted by Gasteiger charge is -2.40. The van der Waals surface area contributed by atoms with Gasteiger partial charge in [0.05, 0.1) is 10.2 Å². The van der Waals surface area contributed by atoms with Crippen molar-refractivity contribution >= 4 is 21.6 Å². The maximum absolute atomic E-state index is 14.0. The molecule has 5 heteroatoms. The molecular formula is C13H17BrF2N2. The number of hydrogen-bond acceptors (Lipinski definition) is 2. The van der Waals surface area contributed by atoms with Crippen LogP contribution in [0.5, 0.6) is 0 Å². The second-order valence-corrected chi connectivity index (χ2v) is 5.59. The molecule has 1 saturated heterocycles. The number of anilines is 1. The summed E-state index contributed by atoms with van der Waals surface area (Å²) in [7, 11) is 0. The minimum atomic E-state index is -0.426. The zero-order chi connectivity index (χ0) is 13.3. The molecule has 2 atom stereocenters. The van der Waals surface area contributed by atoms with Gasteiger partial charge in [0, 0.05) is 31.2 Å². The van der Waals surface area contributed by atoms with E-state index in [1.165, 1.54) is 12.1 Å². The third kappa shape index (κ3) is 2.67. The molecule has 0 spiro atoms.